The normalized spacial score (nSPS) is 16.2. The maximum absolute atomic E-state index is 13.6. The van der Waals surface area contributed by atoms with Crippen LogP contribution in [0.3, 0.4) is 0 Å². The van der Waals surface area contributed by atoms with Crippen molar-refractivity contribution in [2.45, 2.75) is 32.6 Å². The summed E-state index contributed by atoms with van der Waals surface area (Å²) in [4.78, 5) is 41.4. The molecule has 0 saturated carbocycles. The van der Waals surface area contributed by atoms with Crippen LogP contribution >= 0.6 is 0 Å². The first-order chi connectivity index (χ1) is 15.9. The largest absolute Gasteiger partial charge is 0.364 e. The third kappa shape index (κ3) is 3.67. The van der Waals surface area contributed by atoms with E-state index in [1.54, 1.807) is 9.80 Å². The zero-order valence-electron chi connectivity index (χ0n) is 18.5. The molecule has 2 aliphatic heterocycles. The SMILES string of the molecule is Cc1ccc(-n2nc(C(N)=O)c3c2C(=O)N(c2ccc(N4CCCCC4=O)cc2)CC3)cc1. The Hall–Kier alpha value is -3.94. The minimum atomic E-state index is -0.645. The van der Waals surface area contributed by atoms with Crippen LogP contribution in [0.4, 0.5) is 11.4 Å². The van der Waals surface area contributed by atoms with Crippen LogP contribution in [0.1, 0.15) is 51.4 Å². The maximum atomic E-state index is 13.6. The van der Waals surface area contributed by atoms with Crippen molar-refractivity contribution in [3.05, 3.63) is 71.0 Å². The summed E-state index contributed by atoms with van der Waals surface area (Å²) < 4.78 is 1.52. The van der Waals surface area contributed by atoms with Gasteiger partial charge < -0.3 is 15.5 Å². The first kappa shape index (κ1) is 20.9. The van der Waals surface area contributed by atoms with E-state index in [1.807, 2.05) is 55.5 Å². The monoisotopic (exact) mass is 443 g/mol. The lowest BCUT2D eigenvalue weighted by molar-refractivity contribution is -0.119. The van der Waals surface area contributed by atoms with Crippen LogP contribution in [0.15, 0.2) is 48.5 Å². The number of piperidine rings is 1. The molecule has 0 radical (unpaired) electrons. The van der Waals surface area contributed by atoms with E-state index in [-0.39, 0.29) is 17.5 Å². The molecule has 0 unspecified atom stereocenters. The van der Waals surface area contributed by atoms with Gasteiger partial charge in [-0.3, -0.25) is 14.4 Å². The molecule has 0 aliphatic carbocycles. The first-order valence-electron chi connectivity index (χ1n) is 11.1. The molecule has 0 bridgehead atoms. The molecule has 2 aliphatic rings. The summed E-state index contributed by atoms with van der Waals surface area (Å²) in [6.07, 6.45) is 2.96. The van der Waals surface area contributed by atoms with E-state index in [2.05, 4.69) is 5.10 Å². The van der Waals surface area contributed by atoms with Gasteiger partial charge in [-0.1, -0.05) is 17.7 Å². The lowest BCUT2D eigenvalue weighted by Crippen LogP contribution is -2.39. The molecule has 0 spiro atoms. The summed E-state index contributed by atoms with van der Waals surface area (Å²) in [5.74, 6) is -0.749. The minimum absolute atomic E-state index is 0.133. The fourth-order valence-corrected chi connectivity index (χ4v) is 4.57. The van der Waals surface area contributed by atoms with Crippen molar-refractivity contribution in [2.75, 3.05) is 22.9 Å². The predicted octanol–water partition coefficient (Wildman–Crippen LogP) is 3.00. The highest BCUT2D eigenvalue weighted by Crippen LogP contribution is 2.30. The topological polar surface area (TPSA) is 102 Å². The van der Waals surface area contributed by atoms with Gasteiger partial charge in [-0.25, -0.2) is 4.68 Å². The number of carbonyl (C=O) groups excluding carboxylic acids is 3. The van der Waals surface area contributed by atoms with Crippen LogP contribution in [-0.2, 0) is 11.2 Å². The van der Waals surface area contributed by atoms with Gasteiger partial charge in [-0.15, -0.1) is 0 Å². The second-order valence-electron chi connectivity index (χ2n) is 8.51. The third-order valence-corrected chi connectivity index (χ3v) is 6.33. The predicted molar refractivity (Wildman–Crippen MR) is 125 cm³/mol. The number of fused-ring (bicyclic) bond motifs is 1. The lowest BCUT2D eigenvalue weighted by Gasteiger charge is -2.29. The number of hydrogen-bond acceptors (Lipinski definition) is 4. The van der Waals surface area contributed by atoms with Crippen molar-refractivity contribution in [1.29, 1.82) is 0 Å². The molecule has 3 aromatic rings. The van der Waals surface area contributed by atoms with Crippen molar-refractivity contribution >= 4 is 29.1 Å². The van der Waals surface area contributed by atoms with Gasteiger partial charge in [0.2, 0.25) is 5.91 Å². The average Bonchev–Trinajstić information content (AvgIpc) is 3.21. The molecule has 33 heavy (non-hydrogen) atoms. The van der Waals surface area contributed by atoms with E-state index in [4.69, 9.17) is 5.73 Å². The number of nitrogens with two attached hydrogens (primary N) is 1. The average molecular weight is 444 g/mol. The summed E-state index contributed by atoms with van der Waals surface area (Å²) in [5.41, 5.74) is 9.99. The van der Waals surface area contributed by atoms with Crippen molar-refractivity contribution in [1.82, 2.24) is 9.78 Å². The number of primary amides is 1. The Morgan fingerprint density at radius 2 is 1.48 bits per heavy atom. The van der Waals surface area contributed by atoms with Gasteiger partial charge in [0.25, 0.3) is 11.8 Å². The van der Waals surface area contributed by atoms with Gasteiger partial charge in [-0.05, 0) is 62.6 Å². The van der Waals surface area contributed by atoms with Crippen LogP contribution < -0.4 is 15.5 Å². The molecular formula is C25H25N5O3. The second-order valence-corrected chi connectivity index (χ2v) is 8.51. The van der Waals surface area contributed by atoms with E-state index < -0.39 is 5.91 Å². The number of benzene rings is 2. The molecule has 2 aromatic carbocycles. The maximum Gasteiger partial charge on any atom is 0.277 e. The van der Waals surface area contributed by atoms with Gasteiger partial charge in [0.1, 0.15) is 5.69 Å². The summed E-state index contributed by atoms with van der Waals surface area (Å²) >= 11 is 0. The summed E-state index contributed by atoms with van der Waals surface area (Å²) in [6.45, 7) is 3.11. The standard InChI is InChI=1S/C25H25N5O3/c1-16-5-7-19(8-6-16)30-23-20(22(27-30)24(26)32)13-15-29(25(23)33)18-11-9-17(10-12-18)28-14-3-2-4-21(28)31/h5-12H,2-4,13-15H2,1H3,(H2,26,32). The van der Waals surface area contributed by atoms with Crippen LogP contribution in [0.5, 0.6) is 0 Å². The number of amides is 3. The number of aryl methyl sites for hydroxylation is 1. The summed E-state index contributed by atoms with van der Waals surface area (Å²) in [7, 11) is 0. The molecular weight excluding hydrogens is 418 g/mol. The zero-order valence-corrected chi connectivity index (χ0v) is 18.5. The van der Waals surface area contributed by atoms with Gasteiger partial charge in [-0.2, -0.15) is 5.10 Å². The Morgan fingerprint density at radius 1 is 0.848 bits per heavy atom. The van der Waals surface area contributed by atoms with E-state index in [0.717, 1.165) is 36.3 Å². The number of nitrogens with zero attached hydrogens (tertiary/aromatic N) is 4. The molecule has 5 rings (SSSR count). The number of rotatable bonds is 4. The second kappa shape index (κ2) is 8.20. The summed E-state index contributed by atoms with van der Waals surface area (Å²) in [5, 5.41) is 4.40. The van der Waals surface area contributed by atoms with E-state index >= 15 is 0 Å². The van der Waals surface area contributed by atoms with Gasteiger partial charge in [0.15, 0.2) is 5.69 Å². The molecule has 1 aromatic heterocycles. The van der Waals surface area contributed by atoms with Crippen LogP contribution in [-0.4, -0.2) is 40.6 Å². The van der Waals surface area contributed by atoms with Gasteiger partial charge in [0, 0.05) is 36.4 Å². The highest BCUT2D eigenvalue weighted by Gasteiger charge is 2.34. The molecule has 1 fully saturated rings. The van der Waals surface area contributed by atoms with E-state index in [0.29, 0.717) is 36.3 Å². The van der Waals surface area contributed by atoms with Crippen molar-refractivity contribution in [2.24, 2.45) is 5.73 Å². The fourth-order valence-electron chi connectivity index (χ4n) is 4.57. The van der Waals surface area contributed by atoms with E-state index in [1.165, 1.54) is 4.68 Å². The smallest absolute Gasteiger partial charge is 0.277 e. The van der Waals surface area contributed by atoms with Crippen molar-refractivity contribution < 1.29 is 14.4 Å². The zero-order chi connectivity index (χ0) is 23.1. The Morgan fingerprint density at radius 3 is 2.12 bits per heavy atom. The Bertz CT molecular complexity index is 1240. The number of anilines is 2. The number of hydrogen-bond donors (Lipinski definition) is 1. The number of carbonyl (C=O) groups is 3. The van der Waals surface area contributed by atoms with Crippen LogP contribution in [0, 0.1) is 6.92 Å². The summed E-state index contributed by atoms with van der Waals surface area (Å²) in [6, 6.07) is 15.1. The van der Waals surface area contributed by atoms with E-state index in [9.17, 15) is 14.4 Å². The molecule has 168 valence electrons. The quantitative estimate of drug-likeness (QED) is 0.670. The molecule has 0 atom stereocenters. The Balaban J connectivity index is 1.50. The van der Waals surface area contributed by atoms with Crippen LogP contribution in [0.25, 0.3) is 5.69 Å². The number of aromatic nitrogens is 2. The highest BCUT2D eigenvalue weighted by atomic mass is 16.2. The third-order valence-electron chi connectivity index (χ3n) is 6.33. The molecule has 1 saturated heterocycles. The lowest BCUT2D eigenvalue weighted by atomic mass is 10.0. The van der Waals surface area contributed by atoms with Crippen molar-refractivity contribution in [3.63, 3.8) is 0 Å². The fraction of sp³-hybridized carbons (Fsp3) is 0.280. The van der Waals surface area contributed by atoms with Gasteiger partial charge in [0.05, 0.1) is 5.69 Å². The Kier molecular flexibility index (Phi) is 5.20. The Labute approximate surface area is 191 Å². The van der Waals surface area contributed by atoms with Gasteiger partial charge >= 0.3 is 0 Å². The molecule has 8 nitrogen and oxygen atoms in total. The first-order valence-corrected chi connectivity index (χ1v) is 11.1. The molecule has 2 N–H and O–H groups in total. The minimum Gasteiger partial charge on any atom is -0.364 e. The van der Waals surface area contributed by atoms with Crippen LogP contribution in [0.2, 0.25) is 0 Å². The molecule has 3 amide bonds. The molecule has 3 heterocycles. The highest BCUT2D eigenvalue weighted by molar-refractivity contribution is 6.09. The molecule has 8 heteroatoms. The van der Waals surface area contributed by atoms with Crippen molar-refractivity contribution in [3.8, 4) is 5.69 Å².